The summed E-state index contributed by atoms with van der Waals surface area (Å²) in [6, 6.07) is 8.29. The smallest absolute Gasteiger partial charge is 0.374 e. The van der Waals surface area contributed by atoms with Crippen LogP contribution in [0.5, 0.6) is 0 Å². The number of methoxy groups -OCH3 is 1. The molecule has 0 aliphatic heterocycles. The molecule has 0 bridgehead atoms. The zero-order valence-electron chi connectivity index (χ0n) is 13.5. The average molecular weight is 342 g/mol. The standard InChI is InChI=1S/C16H14N4O5/c1-10-6-13(25-14(10)16(22)23-2)8-24-15(21)11-4-3-5-12(7-11)20-9-17-18-19-20/h3-7,9H,8H2,1-2H3. The number of nitrogens with zero attached hydrogens (tertiary/aromatic N) is 4. The van der Waals surface area contributed by atoms with Gasteiger partial charge in [-0.05, 0) is 41.6 Å². The Labute approximate surface area is 142 Å². The quantitative estimate of drug-likeness (QED) is 0.645. The molecule has 9 nitrogen and oxygen atoms in total. The molecule has 9 heteroatoms. The van der Waals surface area contributed by atoms with E-state index < -0.39 is 11.9 Å². The van der Waals surface area contributed by atoms with Gasteiger partial charge in [0.15, 0.2) is 0 Å². The first-order valence-electron chi connectivity index (χ1n) is 7.26. The fraction of sp³-hybridized carbons (Fsp3) is 0.188. The molecule has 2 heterocycles. The lowest BCUT2D eigenvalue weighted by Crippen LogP contribution is -2.06. The number of ether oxygens (including phenoxy) is 2. The van der Waals surface area contributed by atoms with Crippen molar-refractivity contribution in [2.75, 3.05) is 7.11 Å². The summed E-state index contributed by atoms with van der Waals surface area (Å²) in [6.07, 6.45) is 1.42. The topological polar surface area (TPSA) is 109 Å². The van der Waals surface area contributed by atoms with E-state index in [0.717, 1.165) is 0 Å². The molecule has 1 aromatic carbocycles. The summed E-state index contributed by atoms with van der Waals surface area (Å²) in [4.78, 5) is 23.7. The zero-order chi connectivity index (χ0) is 17.8. The van der Waals surface area contributed by atoms with Crippen LogP contribution < -0.4 is 0 Å². The summed E-state index contributed by atoms with van der Waals surface area (Å²) < 4.78 is 16.6. The Hall–Kier alpha value is -3.49. The van der Waals surface area contributed by atoms with Crippen LogP contribution in [0.4, 0.5) is 0 Å². The summed E-state index contributed by atoms with van der Waals surface area (Å²) in [5.74, 6) is -0.676. The van der Waals surface area contributed by atoms with Crippen molar-refractivity contribution in [3.05, 3.63) is 59.3 Å². The highest BCUT2D eigenvalue weighted by molar-refractivity contribution is 5.90. The number of hydrogen-bond donors (Lipinski definition) is 0. The summed E-state index contributed by atoms with van der Waals surface area (Å²) in [7, 11) is 1.27. The number of carbonyl (C=O) groups excluding carboxylic acids is 2. The molecule has 3 rings (SSSR count). The van der Waals surface area contributed by atoms with E-state index in [1.54, 1.807) is 37.3 Å². The number of tetrazole rings is 1. The fourth-order valence-corrected chi connectivity index (χ4v) is 2.19. The van der Waals surface area contributed by atoms with Gasteiger partial charge in [-0.2, -0.15) is 0 Å². The van der Waals surface area contributed by atoms with Gasteiger partial charge in [0.05, 0.1) is 18.4 Å². The Balaban J connectivity index is 1.69. The average Bonchev–Trinajstić information content (AvgIpc) is 3.29. The monoisotopic (exact) mass is 342 g/mol. The van der Waals surface area contributed by atoms with Gasteiger partial charge in [-0.25, -0.2) is 14.3 Å². The van der Waals surface area contributed by atoms with Crippen molar-refractivity contribution in [2.45, 2.75) is 13.5 Å². The number of rotatable bonds is 5. The van der Waals surface area contributed by atoms with Gasteiger partial charge in [-0.15, -0.1) is 5.10 Å². The maximum Gasteiger partial charge on any atom is 0.374 e. The molecule has 0 saturated heterocycles. The molecule has 0 aliphatic rings. The molecule has 0 aliphatic carbocycles. The molecule has 0 radical (unpaired) electrons. The van der Waals surface area contributed by atoms with Crippen LogP contribution in [0.15, 0.2) is 41.1 Å². The minimum absolute atomic E-state index is 0.0919. The van der Waals surface area contributed by atoms with Crippen LogP contribution in [-0.4, -0.2) is 39.3 Å². The Kier molecular flexibility index (Phi) is 4.55. The molecule has 0 saturated carbocycles. The van der Waals surface area contributed by atoms with Crippen LogP contribution in [-0.2, 0) is 16.1 Å². The molecule has 0 amide bonds. The molecule has 0 N–H and O–H groups in total. The van der Waals surface area contributed by atoms with E-state index >= 15 is 0 Å². The maximum atomic E-state index is 12.2. The lowest BCUT2D eigenvalue weighted by molar-refractivity contribution is 0.0438. The van der Waals surface area contributed by atoms with Crippen LogP contribution in [0.25, 0.3) is 5.69 Å². The Morgan fingerprint density at radius 1 is 1.24 bits per heavy atom. The largest absolute Gasteiger partial charge is 0.463 e. The predicted molar refractivity (Wildman–Crippen MR) is 83.1 cm³/mol. The van der Waals surface area contributed by atoms with E-state index in [0.29, 0.717) is 22.6 Å². The second-order valence-electron chi connectivity index (χ2n) is 5.10. The van der Waals surface area contributed by atoms with Gasteiger partial charge in [-0.3, -0.25) is 0 Å². The third kappa shape index (κ3) is 3.55. The molecule has 2 aromatic heterocycles. The van der Waals surface area contributed by atoms with Crippen molar-refractivity contribution in [2.24, 2.45) is 0 Å². The second-order valence-corrected chi connectivity index (χ2v) is 5.10. The van der Waals surface area contributed by atoms with Gasteiger partial charge in [0.25, 0.3) is 0 Å². The van der Waals surface area contributed by atoms with Crippen molar-refractivity contribution < 1.29 is 23.5 Å². The lowest BCUT2D eigenvalue weighted by atomic mass is 10.2. The highest BCUT2D eigenvalue weighted by atomic mass is 16.6. The molecule has 0 unspecified atom stereocenters. The first-order chi connectivity index (χ1) is 12.1. The van der Waals surface area contributed by atoms with Crippen LogP contribution in [0.3, 0.4) is 0 Å². The van der Waals surface area contributed by atoms with Crippen LogP contribution >= 0.6 is 0 Å². The summed E-state index contributed by atoms with van der Waals surface area (Å²) in [5.41, 5.74) is 1.57. The van der Waals surface area contributed by atoms with Gasteiger partial charge < -0.3 is 13.9 Å². The number of benzene rings is 1. The third-order valence-electron chi connectivity index (χ3n) is 3.38. The van der Waals surface area contributed by atoms with Crippen LogP contribution in [0, 0.1) is 6.92 Å². The molecule has 128 valence electrons. The van der Waals surface area contributed by atoms with Crippen molar-refractivity contribution >= 4 is 11.9 Å². The van der Waals surface area contributed by atoms with Crippen molar-refractivity contribution in [3.8, 4) is 5.69 Å². The minimum atomic E-state index is -0.579. The van der Waals surface area contributed by atoms with E-state index in [9.17, 15) is 9.59 Å². The molecular weight excluding hydrogens is 328 g/mol. The first kappa shape index (κ1) is 16.4. The van der Waals surface area contributed by atoms with E-state index in [1.807, 2.05) is 0 Å². The SMILES string of the molecule is COC(=O)c1oc(COC(=O)c2cccc(-n3cnnn3)c2)cc1C. The number of esters is 2. The first-order valence-corrected chi connectivity index (χ1v) is 7.26. The van der Waals surface area contributed by atoms with Gasteiger partial charge in [0, 0.05) is 5.56 Å². The van der Waals surface area contributed by atoms with Crippen molar-refractivity contribution in [1.82, 2.24) is 20.2 Å². The summed E-state index contributed by atoms with van der Waals surface area (Å²) in [6.45, 7) is 1.60. The highest BCUT2D eigenvalue weighted by Gasteiger charge is 2.17. The molecule has 0 atom stereocenters. The second kappa shape index (κ2) is 6.95. The lowest BCUT2D eigenvalue weighted by Gasteiger charge is -2.05. The van der Waals surface area contributed by atoms with Gasteiger partial charge in [-0.1, -0.05) is 6.07 Å². The van der Waals surface area contributed by atoms with Gasteiger partial charge in [0.1, 0.15) is 18.7 Å². The van der Waals surface area contributed by atoms with Crippen molar-refractivity contribution in [3.63, 3.8) is 0 Å². The molecular formula is C16H14N4O5. The number of aromatic nitrogens is 4. The molecule has 3 aromatic rings. The van der Waals surface area contributed by atoms with E-state index in [4.69, 9.17) is 9.15 Å². The third-order valence-corrected chi connectivity index (χ3v) is 3.38. The van der Waals surface area contributed by atoms with Gasteiger partial charge in [0.2, 0.25) is 5.76 Å². The maximum absolute atomic E-state index is 12.2. The van der Waals surface area contributed by atoms with E-state index in [2.05, 4.69) is 20.3 Å². The minimum Gasteiger partial charge on any atom is -0.463 e. The van der Waals surface area contributed by atoms with Crippen LogP contribution in [0.2, 0.25) is 0 Å². The Morgan fingerprint density at radius 2 is 2.08 bits per heavy atom. The Morgan fingerprint density at radius 3 is 2.80 bits per heavy atom. The Bertz CT molecular complexity index is 901. The zero-order valence-corrected chi connectivity index (χ0v) is 13.5. The predicted octanol–water partition coefficient (Wildman–Crippen LogP) is 1.71. The van der Waals surface area contributed by atoms with E-state index in [1.165, 1.54) is 18.1 Å². The number of aryl methyl sites for hydroxylation is 1. The molecule has 0 fully saturated rings. The number of furan rings is 1. The normalized spacial score (nSPS) is 10.5. The molecule has 25 heavy (non-hydrogen) atoms. The van der Waals surface area contributed by atoms with E-state index in [-0.39, 0.29) is 12.4 Å². The van der Waals surface area contributed by atoms with Crippen molar-refractivity contribution in [1.29, 1.82) is 0 Å². The number of carbonyl (C=O) groups is 2. The number of hydrogen-bond acceptors (Lipinski definition) is 8. The highest BCUT2D eigenvalue weighted by Crippen LogP contribution is 2.17. The fourth-order valence-electron chi connectivity index (χ4n) is 2.19. The van der Waals surface area contributed by atoms with Gasteiger partial charge >= 0.3 is 11.9 Å². The summed E-state index contributed by atoms with van der Waals surface area (Å²) in [5, 5.41) is 10.9. The van der Waals surface area contributed by atoms with Crippen LogP contribution in [0.1, 0.15) is 32.2 Å². The molecule has 0 spiro atoms. The summed E-state index contributed by atoms with van der Waals surface area (Å²) >= 11 is 0.